The molecule has 0 spiro atoms. The van der Waals surface area contributed by atoms with Crippen molar-refractivity contribution in [1.29, 1.82) is 0 Å². The van der Waals surface area contributed by atoms with Crippen molar-refractivity contribution in [2.75, 3.05) is 6.54 Å². The Labute approximate surface area is 109 Å². The van der Waals surface area contributed by atoms with Crippen LogP contribution < -0.4 is 5.32 Å². The maximum Gasteiger partial charge on any atom is 0.0488 e. The molecule has 96 valence electrons. The third-order valence-corrected chi connectivity index (χ3v) is 4.11. The third-order valence-electron chi connectivity index (χ3n) is 4.11. The van der Waals surface area contributed by atoms with E-state index in [9.17, 15) is 0 Å². The highest BCUT2D eigenvalue weighted by Gasteiger charge is 2.22. The number of rotatable bonds is 3. The van der Waals surface area contributed by atoms with Crippen molar-refractivity contribution in [3.05, 3.63) is 35.0 Å². The summed E-state index contributed by atoms with van der Waals surface area (Å²) in [6, 6.07) is 7.29. The molecule has 1 unspecified atom stereocenters. The third kappa shape index (κ3) is 1.95. The minimum atomic E-state index is 0.664. The van der Waals surface area contributed by atoms with Crippen LogP contribution in [-0.2, 0) is 12.8 Å². The fraction of sp³-hybridized carbons (Fsp3) is 0.500. The molecule has 1 atom stereocenters. The van der Waals surface area contributed by atoms with Crippen LogP contribution in [0.1, 0.15) is 36.6 Å². The van der Waals surface area contributed by atoms with Crippen molar-refractivity contribution in [2.24, 2.45) is 0 Å². The summed E-state index contributed by atoms with van der Waals surface area (Å²) in [6.45, 7) is 5.56. The molecule has 2 aromatic rings. The van der Waals surface area contributed by atoms with Crippen molar-refractivity contribution in [1.82, 2.24) is 10.3 Å². The van der Waals surface area contributed by atoms with Gasteiger partial charge in [0.2, 0.25) is 0 Å². The fourth-order valence-electron chi connectivity index (χ4n) is 3.11. The summed E-state index contributed by atoms with van der Waals surface area (Å²) in [5.74, 6) is 0. The molecule has 1 aliphatic rings. The smallest absolute Gasteiger partial charge is 0.0488 e. The first-order valence-electron chi connectivity index (χ1n) is 7.12. The van der Waals surface area contributed by atoms with Crippen molar-refractivity contribution < 1.29 is 0 Å². The van der Waals surface area contributed by atoms with Crippen LogP contribution in [0.4, 0.5) is 0 Å². The Morgan fingerprint density at radius 2 is 2.28 bits per heavy atom. The zero-order valence-corrected chi connectivity index (χ0v) is 11.3. The molecule has 3 rings (SSSR count). The van der Waals surface area contributed by atoms with Gasteiger partial charge >= 0.3 is 0 Å². The second-order valence-corrected chi connectivity index (χ2v) is 5.47. The lowest BCUT2D eigenvalue weighted by Crippen LogP contribution is -2.34. The molecule has 0 saturated carbocycles. The SMILES string of the molecule is CCCNC1CCc2[nH]c3c(C)cccc3c2C1. The zero-order chi connectivity index (χ0) is 12.5. The number of fused-ring (bicyclic) bond motifs is 3. The molecule has 2 nitrogen and oxygen atoms in total. The average molecular weight is 242 g/mol. The predicted octanol–water partition coefficient (Wildman–Crippen LogP) is 3.33. The van der Waals surface area contributed by atoms with Crippen LogP contribution in [0.15, 0.2) is 18.2 Å². The van der Waals surface area contributed by atoms with E-state index in [0.29, 0.717) is 6.04 Å². The summed E-state index contributed by atoms with van der Waals surface area (Å²) in [5.41, 5.74) is 5.72. The maximum atomic E-state index is 3.67. The van der Waals surface area contributed by atoms with E-state index in [1.807, 2.05) is 0 Å². The van der Waals surface area contributed by atoms with Gasteiger partial charge < -0.3 is 10.3 Å². The molecule has 0 radical (unpaired) electrons. The van der Waals surface area contributed by atoms with Gasteiger partial charge in [-0.2, -0.15) is 0 Å². The van der Waals surface area contributed by atoms with Gasteiger partial charge in [0.05, 0.1) is 0 Å². The Bertz CT molecular complexity index is 553. The highest BCUT2D eigenvalue weighted by Crippen LogP contribution is 2.30. The van der Waals surface area contributed by atoms with Crippen LogP contribution in [0.5, 0.6) is 0 Å². The molecule has 2 N–H and O–H groups in total. The largest absolute Gasteiger partial charge is 0.358 e. The molecule has 1 aromatic heterocycles. The normalized spacial score (nSPS) is 19.1. The number of aryl methyl sites for hydroxylation is 2. The average Bonchev–Trinajstić information content (AvgIpc) is 2.76. The van der Waals surface area contributed by atoms with Crippen LogP contribution in [0.3, 0.4) is 0 Å². The van der Waals surface area contributed by atoms with Crippen LogP contribution >= 0.6 is 0 Å². The molecule has 1 aromatic carbocycles. The number of hydrogen-bond donors (Lipinski definition) is 2. The Morgan fingerprint density at radius 1 is 1.39 bits per heavy atom. The Hall–Kier alpha value is -1.28. The monoisotopic (exact) mass is 242 g/mol. The molecular weight excluding hydrogens is 220 g/mol. The highest BCUT2D eigenvalue weighted by molar-refractivity contribution is 5.87. The lowest BCUT2D eigenvalue weighted by Gasteiger charge is -2.23. The lowest BCUT2D eigenvalue weighted by molar-refractivity contribution is 0.458. The Morgan fingerprint density at radius 3 is 3.11 bits per heavy atom. The van der Waals surface area contributed by atoms with E-state index in [1.165, 1.54) is 47.8 Å². The standard InChI is InChI=1S/C16H22N2/c1-3-9-17-12-7-8-15-14(10-12)13-6-4-5-11(2)16(13)18-15/h4-6,12,17-18H,3,7-10H2,1-2H3. The van der Waals surface area contributed by atoms with Gasteiger partial charge in [-0.05, 0) is 50.3 Å². The first kappa shape index (κ1) is 11.8. The van der Waals surface area contributed by atoms with E-state index in [4.69, 9.17) is 0 Å². The summed E-state index contributed by atoms with van der Waals surface area (Å²) in [7, 11) is 0. The molecule has 0 amide bonds. The number of para-hydroxylation sites is 1. The van der Waals surface area contributed by atoms with Gasteiger partial charge in [0, 0.05) is 22.6 Å². The highest BCUT2D eigenvalue weighted by atomic mass is 14.9. The van der Waals surface area contributed by atoms with E-state index >= 15 is 0 Å². The first-order valence-corrected chi connectivity index (χ1v) is 7.12. The number of aromatic nitrogens is 1. The lowest BCUT2D eigenvalue weighted by atomic mass is 9.91. The number of H-pyrrole nitrogens is 1. The first-order chi connectivity index (χ1) is 8.79. The Kier molecular flexibility index (Phi) is 3.13. The summed E-state index contributed by atoms with van der Waals surface area (Å²) in [4.78, 5) is 3.63. The van der Waals surface area contributed by atoms with Gasteiger partial charge in [0.25, 0.3) is 0 Å². The van der Waals surface area contributed by atoms with E-state index < -0.39 is 0 Å². The summed E-state index contributed by atoms with van der Waals surface area (Å²) < 4.78 is 0. The summed E-state index contributed by atoms with van der Waals surface area (Å²) in [6.07, 6.45) is 4.85. The topological polar surface area (TPSA) is 27.8 Å². The van der Waals surface area contributed by atoms with Gasteiger partial charge in [-0.1, -0.05) is 25.1 Å². The van der Waals surface area contributed by atoms with Gasteiger partial charge in [-0.25, -0.2) is 0 Å². The maximum absolute atomic E-state index is 3.67. The van der Waals surface area contributed by atoms with E-state index in [2.05, 4.69) is 42.3 Å². The minimum Gasteiger partial charge on any atom is -0.358 e. The van der Waals surface area contributed by atoms with Gasteiger partial charge in [0.15, 0.2) is 0 Å². The second kappa shape index (κ2) is 4.77. The van der Waals surface area contributed by atoms with Gasteiger partial charge in [-0.15, -0.1) is 0 Å². The zero-order valence-electron chi connectivity index (χ0n) is 11.3. The van der Waals surface area contributed by atoms with E-state index in [0.717, 1.165) is 6.54 Å². The molecule has 0 fully saturated rings. The second-order valence-electron chi connectivity index (χ2n) is 5.47. The van der Waals surface area contributed by atoms with E-state index in [1.54, 1.807) is 5.56 Å². The molecule has 1 aliphatic carbocycles. The number of nitrogens with one attached hydrogen (secondary N) is 2. The number of aromatic amines is 1. The van der Waals surface area contributed by atoms with Crippen LogP contribution in [0, 0.1) is 6.92 Å². The van der Waals surface area contributed by atoms with Crippen molar-refractivity contribution in [2.45, 2.75) is 45.6 Å². The Balaban J connectivity index is 1.94. The van der Waals surface area contributed by atoms with Crippen molar-refractivity contribution in [3.8, 4) is 0 Å². The molecule has 18 heavy (non-hydrogen) atoms. The van der Waals surface area contributed by atoms with E-state index in [-0.39, 0.29) is 0 Å². The molecule has 0 bridgehead atoms. The predicted molar refractivity (Wildman–Crippen MR) is 77.1 cm³/mol. The van der Waals surface area contributed by atoms with Gasteiger partial charge in [-0.3, -0.25) is 0 Å². The molecule has 2 heteroatoms. The summed E-state index contributed by atoms with van der Waals surface area (Å²) in [5, 5.41) is 5.11. The number of hydrogen-bond acceptors (Lipinski definition) is 1. The molecule has 1 heterocycles. The minimum absolute atomic E-state index is 0.664. The fourth-order valence-corrected chi connectivity index (χ4v) is 3.11. The van der Waals surface area contributed by atoms with Gasteiger partial charge in [0.1, 0.15) is 0 Å². The molecule has 0 aliphatic heterocycles. The molecular formula is C16H22N2. The molecule has 0 saturated heterocycles. The van der Waals surface area contributed by atoms with Crippen molar-refractivity contribution in [3.63, 3.8) is 0 Å². The summed E-state index contributed by atoms with van der Waals surface area (Å²) >= 11 is 0. The van der Waals surface area contributed by atoms with Crippen LogP contribution in [0.25, 0.3) is 10.9 Å². The number of benzene rings is 1. The van der Waals surface area contributed by atoms with Crippen LogP contribution in [0.2, 0.25) is 0 Å². The van der Waals surface area contributed by atoms with Crippen LogP contribution in [-0.4, -0.2) is 17.6 Å². The quantitative estimate of drug-likeness (QED) is 0.849. The van der Waals surface area contributed by atoms with Crippen molar-refractivity contribution >= 4 is 10.9 Å².